The predicted molar refractivity (Wildman–Crippen MR) is 69.5 cm³/mol. The van der Waals surface area contributed by atoms with Gasteiger partial charge in [0.25, 0.3) is 0 Å². The molecule has 2 rings (SSSR count). The van der Waals surface area contributed by atoms with Gasteiger partial charge in [-0.1, -0.05) is 26.7 Å². The smallest absolute Gasteiger partial charge is 0.0940 e. The third-order valence-electron chi connectivity index (χ3n) is 4.00. The van der Waals surface area contributed by atoms with Gasteiger partial charge in [0.1, 0.15) is 0 Å². The molecule has 2 nitrogen and oxygen atoms in total. The highest BCUT2D eigenvalue weighted by Gasteiger charge is 2.36. The van der Waals surface area contributed by atoms with Crippen molar-refractivity contribution in [3.8, 4) is 0 Å². The van der Waals surface area contributed by atoms with E-state index in [1.165, 1.54) is 30.7 Å². The van der Waals surface area contributed by atoms with E-state index in [4.69, 9.17) is 5.73 Å². The van der Waals surface area contributed by atoms with Crippen LogP contribution in [0.25, 0.3) is 0 Å². The molecule has 1 aliphatic carbocycles. The van der Waals surface area contributed by atoms with Crippen molar-refractivity contribution in [1.29, 1.82) is 0 Å². The van der Waals surface area contributed by atoms with E-state index in [1.54, 1.807) is 11.3 Å². The molecule has 2 atom stereocenters. The monoisotopic (exact) mass is 238 g/mol. The van der Waals surface area contributed by atoms with Gasteiger partial charge in [0.15, 0.2) is 0 Å². The molecule has 0 saturated heterocycles. The van der Waals surface area contributed by atoms with E-state index < -0.39 is 0 Å². The van der Waals surface area contributed by atoms with Gasteiger partial charge in [-0.05, 0) is 24.2 Å². The first-order chi connectivity index (χ1) is 7.59. The van der Waals surface area contributed by atoms with Crippen LogP contribution in [0.3, 0.4) is 0 Å². The van der Waals surface area contributed by atoms with Crippen LogP contribution in [0.2, 0.25) is 0 Å². The van der Waals surface area contributed by atoms with Gasteiger partial charge in [-0.2, -0.15) is 0 Å². The summed E-state index contributed by atoms with van der Waals surface area (Å²) in [7, 11) is 0. The lowest BCUT2D eigenvalue weighted by molar-refractivity contribution is 0.112. The summed E-state index contributed by atoms with van der Waals surface area (Å²) in [6.07, 6.45) is 8.15. The molecule has 1 heterocycles. The summed E-state index contributed by atoms with van der Waals surface area (Å²) in [4.78, 5) is 4.34. The van der Waals surface area contributed by atoms with Crippen LogP contribution >= 0.6 is 11.3 Å². The van der Waals surface area contributed by atoms with Crippen LogP contribution < -0.4 is 5.73 Å². The maximum Gasteiger partial charge on any atom is 0.0940 e. The summed E-state index contributed by atoms with van der Waals surface area (Å²) < 4.78 is 0. The number of thiazole rings is 1. The first-order valence-corrected chi connectivity index (χ1v) is 7.11. The molecule has 90 valence electrons. The Bertz CT molecular complexity index is 319. The molecule has 0 bridgehead atoms. The molecular formula is C13H22N2S. The molecule has 1 aromatic rings. The first-order valence-electron chi connectivity index (χ1n) is 6.23. The standard InChI is InChI=1S/C13H22N2S/c1-13(2)6-4-3-5-10(13)11(14)9-12-15-7-8-16-12/h7-8,10-11H,3-6,9,14H2,1-2H3. The van der Waals surface area contributed by atoms with E-state index in [1.807, 2.05) is 11.6 Å². The molecule has 1 fully saturated rings. The second-order valence-corrected chi connectivity index (χ2v) is 6.61. The summed E-state index contributed by atoms with van der Waals surface area (Å²) in [5.74, 6) is 0.658. The molecular weight excluding hydrogens is 216 g/mol. The SMILES string of the molecule is CC1(C)CCCCC1C(N)Cc1nccs1. The van der Waals surface area contributed by atoms with Crippen LogP contribution in [0, 0.1) is 11.3 Å². The zero-order valence-corrected chi connectivity index (χ0v) is 11.1. The Morgan fingerprint density at radius 2 is 2.38 bits per heavy atom. The van der Waals surface area contributed by atoms with E-state index in [0.29, 0.717) is 11.3 Å². The number of nitrogens with two attached hydrogens (primary N) is 1. The van der Waals surface area contributed by atoms with Gasteiger partial charge in [0.05, 0.1) is 5.01 Å². The molecule has 0 amide bonds. The molecule has 3 heteroatoms. The molecule has 0 spiro atoms. The Kier molecular flexibility index (Phi) is 3.65. The van der Waals surface area contributed by atoms with Crippen molar-refractivity contribution in [1.82, 2.24) is 4.98 Å². The highest BCUT2D eigenvalue weighted by molar-refractivity contribution is 7.09. The fraction of sp³-hybridized carbons (Fsp3) is 0.769. The van der Waals surface area contributed by atoms with Gasteiger partial charge in [-0.15, -0.1) is 11.3 Å². The summed E-state index contributed by atoms with van der Waals surface area (Å²) in [6.45, 7) is 4.75. The van der Waals surface area contributed by atoms with Crippen LogP contribution in [0.5, 0.6) is 0 Å². The molecule has 1 aromatic heterocycles. The second-order valence-electron chi connectivity index (χ2n) is 5.63. The number of rotatable bonds is 3. The third kappa shape index (κ3) is 2.64. The normalized spacial score (nSPS) is 26.6. The van der Waals surface area contributed by atoms with Crippen molar-refractivity contribution in [3.63, 3.8) is 0 Å². The van der Waals surface area contributed by atoms with Gasteiger partial charge >= 0.3 is 0 Å². The predicted octanol–water partition coefficient (Wildman–Crippen LogP) is 3.23. The average molecular weight is 238 g/mol. The highest BCUT2D eigenvalue weighted by atomic mass is 32.1. The van der Waals surface area contributed by atoms with Gasteiger partial charge in [0.2, 0.25) is 0 Å². The summed E-state index contributed by atoms with van der Waals surface area (Å²) >= 11 is 1.72. The van der Waals surface area contributed by atoms with Gasteiger partial charge < -0.3 is 5.73 Å². The maximum absolute atomic E-state index is 6.38. The molecule has 1 aliphatic rings. The van der Waals surface area contributed by atoms with E-state index in [9.17, 15) is 0 Å². The van der Waals surface area contributed by atoms with Crippen molar-refractivity contribution in [2.75, 3.05) is 0 Å². The topological polar surface area (TPSA) is 38.9 Å². The Morgan fingerprint density at radius 1 is 1.56 bits per heavy atom. The minimum absolute atomic E-state index is 0.279. The quantitative estimate of drug-likeness (QED) is 0.878. The number of hydrogen-bond acceptors (Lipinski definition) is 3. The van der Waals surface area contributed by atoms with Crippen molar-refractivity contribution < 1.29 is 0 Å². The average Bonchev–Trinajstić information content (AvgIpc) is 2.69. The molecule has 0 radical (unpaired) electrons. The Labute approximate surface area is 102 Å². The molecule has 0 aliphatic heterocycles. The lowest BCUT2D eigenvalue weighted by atomic mass is 9.65. The zero-order chi connectivity index (χ0) is 11.6. The molecule has 2 unspecified atom stereocenters. The van der Waals surface area contributed by atoms with Crippen LogP contribution in [0.1, 0.15) is 44.5 Å². The van der Waals surface area contributed by atoms with Crippen molar-refractivity contribution in [2.24, 2.45) is 17.1 Å². The number of nitrogens with zero attached hydrogens (tertiary/aromatic N) is 1. The van der Waals surface area contributed by atoms with E-state index in [0.717, 1.165) is 6.42 Å². The third-order valence-corrected chi connectivity index (χ3v) is 4.80. The van der Waals surface area contributed by atoms with E-state index in [2.05, 4.69) is 18.8 Å². The van der Waals surface area contributed by atoms with E-state index >= 15 is 0 Å². The van der Waals surface area contributed by atoms with Gasteiger partial charge in [-0.3, -0.25) is 0 Å². The Hall–Kier alpha value is -0.410. The fourth-order valence-corrected chi connectivity index (χ4v) is 3.70. The van der Waals surface area contributed by atoms with Crippen LogP contribution in [-0.2, 0) is 6.42 Å². The van der Waals surface area contributed by atoms with Crippen molar-refractivity contribution >= 4 is 11.3 Å². The number of aromatic nitrogens is 1. The zero-order valence-electron chi connectivity index (χ0n) is 10.3. The lowest BCUT2D eigenvalue weighted by Gasteiger charge is -2.41. The van der Waals surface area contributed by atoms with Gasteiger partial charge in [0, 0.05) is 24.0 Å². The molecule has 0 aromatic carbocycles. The van der Waals surface area contributed by atoms with Crippen LogP contribution in [-0.4, -0.2) is 11.0 Å². The largest absolute Gasteiger partial charge is 0.327 e. The lowest BCUT2D eigenvalue weighted by Crippen LogP contribution is -2.42. The Balaban J connectivity index is 2.00. The minimum atomic E-state index is 0.279. The molecule has 2 N–H and O–H groups in total. The van der Waals surface area contributed by atoms with Gasteiger partial charge in [-0.25, -0.2) is 4.98 Å². The van der Waals surface area contributed by atoms with Crippen molar-refractivity contribution in [3.05, 3.63) is 16.6 Å². The minimum Gasteiger partial charge on any atom is -0.327 e. The summed E-state index contributed by atoms with van der Waals surface area (Å²) in [6, 6.07) is 0.279. The fourth-order valence-electron chi connectivity index (χ4n) is 3.01. The van der Waals surface area contributed by atoms with E-state index in [-0.39, 0.29) is 6.04 Å². The van der Waals surface area contributed by atoms with Crippen LogP contribution in [0.4, 0.5) is 0 Å². The second kappa shape index (κ2) is 4.84. The van der Waals surface area contributed by atoms with Crippen molar-refractivity contribution in [2.45, 2.75) is 52.0 Å². The first kappa shape index (κ1) is 12.1. The van der Waals surface area contributed by atoms with Crippen LogP contribution in [0.15, 0.2) is 11.6 Å². The molecule has 16 heavy (non-hydrogen) atoms. The highest BCUT2D eigenvalue weighted by Crippen LogP contribution is 2.42. The summed E-state index contributed by atoms with van der Waals surface area (Å²) in [5, 5.41) is 3.22. The maximum atomic E-state index is 6.38. The Morgan fingerprint density at radius 3 is 3.00 bits per heavy atom. The number of hydrogen-bond donors (Lipinski definition) is 1. The molecule has 1 saturated carbocycles. The summed E-state index contributed by atoms with van der Waals surface area (Å²) in [5.41, 5.74) is 6.79.